The van der Waals surface area contributed by atoms with Crippen LogP contribution in [-0.4, -0.2) is 4.98 Å². The Kier molecular flexibility index (Phi) is 27.3. The van der Waals surface area contributed by atoms with E-state index < -0.39 is 0 Å². The van der Waals surface area contributed by atoms with E-state index >= 15 is 0 Å². The Morgan fingerprint density at radius 1 is 0.463 bits per heavy atom. The first-order valence-electron chi connectivity index (χ1n) is 19.3. The van der Waals surface area contributed by atoms with Crippen LogP contribution in [0.5, 0.6) is 0 Å². The number of aromatic nitrogens is 2. The number of unbranched alkanes of at least 4 members (excludes halogenated alkanes) is 24. The highest BCUT2D eigenvalue weighted by molar-refractivity contribution is 4.90. The van der Waals surface area contributed by atoms with E-state index in [0.717, 1.165) is 0 Å². The summed E-state index contributed by atoms with van der Waals surface area (Å²) in [4.78, 5) is 3.70. The van der Waals surface area contributed by atoms with E-state index in [4.69, 9.17) is 0 Å². The quantitative estimate of drug-likeness (QED) is 0.0653. The van der Waals surface area contributed by atoms with Crippen molar-refractivity contribution in [1.82, 2.24) is 4.98 Å². The van der Waals surface area contributed by atoms with Crippen molar-refractivity contribution in [2.24, 2.45) is 0 Å². The molecule has 1 N–H and O–H groups in total. The minimum absolute atomic E-state index is 0.620. The van der Waals surface area contributed by atoms with Crippen molar-refractivity contribution < 1.29 is 4.57 Å². The van der Waals surface area contributed by atoms with Gasteiger partial charge in [-0.3, -0.25) is 0 Å². The highest BCUT2D eigenvalue weighted by Gasteiger charge is 2.25. The largest absolute Gasteiger partial charge is 0.257 e. The molecule has 1 aromatic rings. The molecular formula is C39H77N2+. The summed E-state index contributed by atoms with van der Waals surface area (Å²) in [6.07, 6.45) is 47.3. The van der Waals surface area contributed by atoms with E-state index in [1.54, 1.807) is 0 Å². The van der Waals surface area contributed by atoms with E-state index in [1.807, 2.05) is 0 Å². The number of nitrogens with one attached hydrogen (secondary N) is 1. The van der Waals surface area contributed by atoms with Crippen LogP contribution in [0.1, 0.15) is 238 Å². The van der Waals surface area contributed by atoms with Crippen LogP contribution in [0.4, 0.5) is 0 Å². The van der Waals surface area contributed by atoms with Gasteiger partial charge in [-0.15, -0.1) is 0 Å². The molecule has 0 saturated carbocycles. The van der Waals surface area contributed by atoms with Crippen LogP contribution in [0.2, 0.25) is 0 Å². The molecule has 0 saturated heterocycles. The van der Waals surface area contributed by atoms with E-state index in [0.29, 0.717) is 12.0 Å². The lowest BCUT2D eigenvalue weighted by Gasteiger charge is -2.17. The van der Waals surface area contributed by atoms with Crippen molar-refractivity contribution in [3.63, 3.8) is 0 Å². The molecule has 0 bridgehead atoms. The topological polar surface area (TPSA) is 19.7 Å². The van der Waals surface area contributed by atoms with Gasteiger partial charge in [0.2, 0.25) is 0 Å². The van der Waals surface area contributed by atoms with Crippen LogP contribution in [-0.2, 0) is 0 Å². The minimum atomic E-state index is 0.620. The lowest BCUT2D eigenvalue weighted by Crippen LogP contribution is -2.41. The summed E-state index contributed by atoms with van der Waals surface area (Å²) in [6, 6.07) is 0.620. The van der Waals surface area contributed by atoms with E-state index in [1.165, 1.54) is 198 Å². The second-order valence-corrected chi connectivity index (χ2v) is 13.6. The van der Waals surface area contributed by atoms with Crippen LogP contribution in [0.3, 0.4) is 0 Å². The Balaban J connectivity index is 2.17. The predicted octanol–water partition coefficient (Wildman–Crippen LogP) is 13.7. The number of hydrogen-bond donors (Lipinski definition) is 1. The molecule has 0 aliphatic carbocycles. The van der Waals surface area contributed by atoms with Gasteiger partial charge in [-0.05, 0) is 32.6 Å². The number of rotatable bonds is 32. The minimum Gasteiger partial charge on any atom is -0.247 e. The van der Waals surface area contributed by atoms with Crippen molar-refractivity contribution in [1.29, 1.82) is 0 Å². The molecule has 2 nitrogen and oxygen atoms in total. The molecular weight excluding hydrogens is 496 g/mol. The lowest BCUT2D eigenvalue weighted by molar-refractivity contribution is -0.727. The van der Waals surface area contributed by atoms with Crippen molar-refractivity contribution >= 4 is 0 Å². The van der Waals surface area contributed by atoms with Gasteiger partial charge in [-0.25, -0.2) is 9.55 Å². The molecule has 2 unspecified atom stereocenters. The average molecular weight is 574 g/mol. The Morgan fingerprint density at radius 2 is 0.805 bits per heavy atom. The zero-order valence-corrected chi connectivity index (χ0v) is 29.0. The van der Waals surface area contributed by atoms with Gasteiger partial charge in [0.1, 0.15) is 12.4 Å². The normalized spacial score (nSPS) is 13.2. The van der Waals surface area contributed by atoms with Crippen LogP contribution >= 0.6 is 0 Å². The molecule has 41 heavy (non-hydrogen) atoms. The summed E-state index contributed by atoms with van der Waals surface area (Å²) in [5, 5.41) is 0. The lowest BCUT2D eigenvalue weighted by atomic mass is 9.93. The predicted molar refractivity (Wildman–Crippen MR) is 184 cm³/mol. The smallest absolute Gasteiger partial charge is 0.247 e. The molecule has 0 fully saturated rings. The Bertz CT molecular complexity index is 635. The first-order chi connectivity index (χ1) is 20.2. The molecule has 0 radical (unpaired) electrons. The van der Waals surface area contributed by atoms with Crippen LogP contribution in [0.15, 0.2) is 12.4 Å². The van der Waals surface area contributed by atoms with Gasteiger partial charge in [-0.2, -0.15) is 0 Å². The number of H-pyrrole nitrogens is 1. The Morgan fingerprint density at radius 3 is 1.22 bits per heavy atom. The zero-order chi connectivity index (χ0) is 29.6. The fourth-order valence-corrected chi connectivity index (χ4v) is 6.77. The highest BCUT2D eigenvalue weighted by Crippen LogP contribution is 2.27. The summed E-state index contributed by atoms with van der Waals surface area (Å²) in [7, 11) is 0. The summed E-state index contributed by atoms with van der Waals surface area (Å²) in [6.45, 7) is 9.42. The molecule has 2 atom stereocenters. The first kappa shape index (κ1) is 38.2. The molecule has 1 rings (SSSR count). The zero-order valence-electron chi connectivity index (χ0n) is 29.0. The van der Waals surface area contributed by atoms with Gasteiger partial charge in [0.25, 0.3) is 5.82 Å². The molecule has 242 valence electrons. The Hall–Kier alpha value is -0.790. The van der Waals surface area contributed by atoms with Gasteiger partial charge in [-0.1, -0.05) is 188 Å². The number of imidazole rings is 1. The van der Waals surface area contributed by atoms with Gasteiger partial charge in [0, 0.05) is 0 Å². The SMILES string of the molecule is CCCCCCCCCCCCCCCCCC(C)[n+]1cc[nH]c1C(CCCC)CCCCCCCCCCCC. The molecule has 2 heteroatoms. The van der Waals surface area contributed by atoms with Crippen LogP contribution in [0, 0.1) is 0 Å². The van der Waals surface area contributed by atoms with E-state index in [2.05, 4.69) is 49.6 Å². The third-order valence-electron chi connectivity index (χ3n) is 9.64. The standard InChI is InChI=1S/C39H76N2/c1-5-8-11-13-15-17-19-20-21-22-23-24-26-28-30-32-37(4)41-36-35-40-39(41)38(33-10-7-3)34-31-29-27-25-18-16-14-12-9-6-2/h35-38H,5-34H2,1-4H3/p+1. The fraction of sp³-hybridized carbons (Fsp3) is 0.923. The summed E-state index contributed by atoms with van der Waals surface area (Å²) < 4.78 is 2.61. The maximum Gasteiger partial charge on any atom is 0.257 e. The van der Waals surface area contributed by atoms with Gasteiger partial charge in [0.15, 0.2) is 0 Å². The van der Waals surface area contributed by atoms with Crippen molar-refractivity contribution in [2.45, 2.75) is 232 Å². The summed E-state index contributed by atoms with van der Waals surface area (Å²) in [5.74, 6) is 2.23. The second-order valence-electron chi connectivity index (χ2n) is 13.6. The molecule has 0 aromatic carbocycles. The number of hydrogen-bond acceptors (Lipinski definition) is 0. The highest BCUT2D eigenvalue weighted by atomic mass is 15.1. The molecule has 1 heterocycles. The van der Waals surface area contributed by atoms with Crippen molar-refractivity contribution in [3.8, 4) is 0 Å². The fourth-order valence-electron chi connectivity index (χ4n) is 6.77. The Labute approximate surface area is 259 Å². The van der Waals surface area contributed by atoms with Crippen molar-refractivity contribution in [3.05, 3.63) is 18.2 Å². The van der Waals surface area contributed by atoms with Crippen molar-refractivity contribution in [2.75, 3.05) is 0 Å². The monoisotopic (exact) mass is 574 g/mol. The van der Waals surface area contributed by atoms with Gasteiger partial charge >= 0.3 is 0 Å². The number of nitrogens with zero attached hydrogens (tertiary/aromatic N) is 1. The maximum absolute atomic E-state index is 3.70. The third-order valence-corrected chi connectivity index (χ3v) is 9.64. The van der Waals surface area contributed by atoms with E-state index in [-0.39, 0.29) is 0 Å². The van der Waals surface area contributed by atoms with Crippen LogP contribution in [0.25, 0.3) is 0 Å². The summed E-state index contributed by atoms with van der Waals surface area (Å²) >= 11 is 0. The van der Waals surface area contributed by atoms with Gasteiger partial charge in [0.05, 0.1) is 12.0 Å². The molecule has 0 amide bonds. The molecule has 0 aliphatic heterocycles. The molecule has 0 spiro atoms. The molecule has 0 aliphatic rings. The third kappa shape index (κ3) is 21.5. The average Bonchev–Trinajstić information content (AvgIpc) is 3.47. The van der Waals surface area contributed by atoms with Crippen LogP contribution < -0.4 is 4.57 Å². The second kappa shape index (κ2) is 29.3. The number of aromatic amines is 1. The maximum atomic E-state index is 3.70. The van der Waals surface area contributed by atoms with E-state index in [9.17, 15) is 0 Å². The first-order valence-corrected chi connectivity index (χ1v) is 19.3. The molecule has 1 aromatic heterocycles. The van der Waals surface area contributed by atoms with Gasteiger partial charge < -0.3 is 0 Å². The summed E-state index contributed by atoms with van der Waals surface area (Å²) in [5.41, 5.74) is 0.